The molecule has 0 saturated heterocycles. The average Bonchev–Trinajstić information content (AvgIpc) is 2.28. The predicted molar refractivity (Wildman–Crippen MR) is 46.9 cm³/mol. The Hall–Kier alpha value is -1.58. The van der Waals surface area contributed by atoms with E-state index < -0.39 is 0 Å². The zero-order chi connectivity index (χ0) is 8.72. The SMILES string of the molecule is Cc1nc(C)n2cc(N)cnc12. The maximum atomic E-state index is 5.59. The molecule has 0 unspecified atom stereocenters. The van der Waals surface area contributed by atoms with Crippen molar-refractivity contribution in [3.8, 4) is 0 Å². The van der Waals surface area contributed by atoms with Gasteiger partial charge < -0.3 is 5.73 Å². The third-order valence-electron chi connectivity index (χ3n) is 1.84. The van der Waals surface area contributed by atoms with Crippen LogP contribution >= 0.6 is 0 Å². The van der Waals surface area contributed by atoms with Gasteiger partial charge in [-0.25, -0.2) is 9.97 Å². The molecule has 0 bridgehead atoms. The molecule has 4 heteroatoms. The second kappa shape index (κ2) is 2.20. The van der Waals surface area contributed by atoms with Crippen molar-refractivity contribution >= 4 is 11.3 Å². The standard InChI is InChI=1S/C8H10N4/c1-5-8-10-3-7(9)4-12(8)6(2)11-5/h3-4H,9H2,1-2H3. The van der Waals surface area contributed by atoms with Crippen molar-refractivity contribution in [2.24, 2.45) is 0 Å². The topological polar surface area (TPSA) is 56.2 Å². The van der Waals surface area contributed by atoms with Crippen LogP contribution in [0.3, 0.4) is 0 Å². The van der Waals surface area contributed by atoms with Gasteiger partial charge in [0.25, 0.3) is 0 Å². The Morgan fingerprint density at radius 1 is 1.42 bits per heavy atom. The fourth-order valence-electron chi connectivity index (χ4n) is 1.30. The third kappa shape index (κ3) is 0.845. The molecule has 2 aromatic rings. The molecule has 0 amide bonds. The summed E-state index contributed by atoms with van der Waals surface area (Å²) in [5, 5.41) is 0. The molecule has 0 atom stereocenters. The van der Waals surface area contributed by atoms with Crippen LogP contribution in [0.25, 0.3) is 5.65 Å². The van der Waals surface area contributed by atoms with Crippen LogP contribution in [0.2, 0.25) is 0 Å². The Morgan fingerprint density at radius 3 is 2.92 bits per heavy atom. The van der Waals surface area contributed by atoms with E-state index in [4.69, 9.17) is 5.73 Å². The Balaban J connectivity index is 2.90. The van der Waals surface area contributed by atoms with E-state index >= 15 is 0 Å². The number of nitrogens with zero attached hydrogens (tertiary/aromatic N) is 3. The summed E-state index contributed by atoms with van der Waals surface area (Å²) in [6.07, 6.45) is 3.47. The molecule has 0 aliphatic rings. The van der Waals surface area contributed by atoms with Gasteiger partial charge in [0, 0.05) is 6.20 Å². The number of aromatic nitrogens is 3. The predicted octanol–water partition coefficient (Wildman–Crippen LogP) is 0.928. The molecule has 0 aliphatic heterocycles. The van der Waals surface area contributed by atoms with Crippen LogP contribution in [0.4, 0.5) is 5.69 Å². The van der Waals surface area contributed by atoms with Crippen molar-refractivity contribution in [2.75, 3.05) is 5.73 Å². The van der Waals surface area contributed by atoms with Gasteiger partial charge in [0.05, 0.1) is 17.6 Å². The molecule has 62 valence electrons. The van der Waals surface area contributed by atoms with Crippen molar-refractivity contribution in [3.63, 3.8) is 0 Å². The number of aryl methyl sites for hydroxylation is 2. The van der Waals surface area contributed by atoms with Crippen LogP contribution in [-0.2, 0) is 0 Å². The molecule has 12 heavy (non-hydrogen) atoms. The minimum absolute atomic E-state index is 0.656. The highest BCUT2D eigenvalue weighted by molar-refractivity contribution is 5.48. The highest BCUT2D eigenvalue weighted by atomic mass is 15.1. The molecule has 2 N–H and O–H groups in total. The van der Waals surface area contributed by atoms with Crippen LogP contribution in [0.5, 0.6) is 0 Å². The highest BCUT2D eigenvalue weighted by Gasteiger charge is 2.04. The first-order valence-corrected chi connectivity index (χ1v) is 3.75. The lowest BCUT2D eigenvalue weighted by molar-refractivity contribution is 1.02. The molecule has 0 aliphatic carbocycles. The summed E-state index contributed by atoms with van der Waals surface area (Å²) >= 11 is 0. The van der Waals surface area contributed by atoms with E-state index in [0.29, 0.717) is 5.69 Å². The summed E-state index contributed by atoms with van der Waals surface area (Å²) in [6.45, 7) is 3.87. The maximum absolute atomic E-state index is 5.59. The first-order valence-electron chi connectivity index (χ1n) is 3.75. The summed E-state index contributed by atoms with van der Waals surface area (Å²) in [4.78, 5) is 8.45. The molecule has 0 spiro atoms. The van der Waals surface area contributed by atoms with E-state index in [2.05, 4.69) is 9.97 Å². The molecule has 2 aromatic heterocycles. The Labute approximate surface area is 70.1 Å². The number of fused-ring (bicyclic) bond motifs is 1. The van der Waals surface area contributed by atoms with Gasteiger partial charge in [0.1, 0.15) is 5.82 Å². The lowest BCUT2D eigenvalue weighted by Crippen LogP contribution is -1.94. The molecule has 2 rings (SSSR count). The Morgan fingerprint density at radius 2 is 2.17 bits per heavy atom. The Kier molecular flexibility index (Phi) is 1.30. The molecule has 0 fully saturated rings. The van der Waals surface area contributed by atoms with E-state index in [1.54, 1.807) is 6.20 Å². The quantitative estimate of drug-likeness (QED) is 0.627. The molecular formula is C8H10N4. The van der Waals surface area contributed by atoms with Crippen LogP contribution in [0.1, 0.15) is 11.5 Å². The third-order valence-corrected chi connectivity index (χ3v) is 1.84. The zero-order valence-corrected chi connectivity index (χ0v) is 7.07. The number of nitrogen functional groups attached to an aromatic ring is 1. The number of anilines is 1. The van der Waals surface area contributed by atoms with Gasteiger partial charge in [0.15, 0.2) is 5.65 Å². The van der Waals surface area contributed by atoms with E-state index in [9.17, 15) is 0 Å². The van der Waals surface area contributed by atoms with E-state index in [0.717, 1.165) is 17.2 Å². The summed E-state index contributed by atoms with van der Waals surface area (Å²) < 4.78 is 1.89. The number of hydrogen-bond acceptors (Lipinski definition) is 3. The molecule has 4 nitrogen and oxygen atoms in total. The van der Waals surface area contributed by atoms with Crippen LogP contribution in [0.15, 0.2) is 12.4 Å². The number of hydrogen-bond donors (Lipinski definition) is 1. The minimum Gasteiger partial charge on any atom is -0.396 e. The molecule has 0 radical (unpaired) electrons. The first-order chi connectivity index (χ1) is 5.68. The number of nitrogens with two attached hydrogens (primary N) is 1. The van der Waals surface area contributed by atoms with Crippen molar-refractivity contribution in [2.45, 2.75) is 13.8 Å². The van der Waals surface area contributed by atoms with Crippen LogP contribution in [-0.4, -0.2) is 14.4 Å². The molecule has 0 saturated carbocycles. The van der Waals surface area contributed by atoms with Gasteiger partial charge in [-0.05, 0) is 13.8 Å². The summed E-state index contributed by atoms with van der Waals surface area (Å²) in [5.41, 5.74) is 8.06. The monoisotopic (exact) mass is 162 g/mol. The fourth-order valence-corrected chi connectivity index (χ4v) is 1.30. The van der Waals surface area contributed by atoms with E-state index in [1.165, 1.54) is 0 Å². The maximum Gasteiger partial charge on any atom is 0.159 e. The van der Waals surface area contributed by atoms with Crippen molar-refractivity contribution in [1.82, 2.24) is 14.4 Å². The smallest absolute Gasteiger partial charge is 0.159 e. The largest absolute Gasteiger partial charge is 0.396 e. The second-order valence-corrected chi connectivity index (χ2v) is 2.83. The number of imidazole rings is 1. The summed E-state index contributed by atoms with van der Waals surface area (Å²) in [7, 11) is 0. The normalized spacial score (nSPS) is 10.8. The lowest BCUT2D eigenvalue weighted by atomic mass is 10.5. The Bertz CT molecular complexity index is 430. The molecular weight excluding hydrogens is 152 g/mol. The zero-order valence-electron chi connectivity index (χ0n) is 7.07. The van der Waals surface area contributed by atoms with Gasteiger partial charge in [-0.15, -0.1) is 0 Å². The highest BCUT2D eigenvalue weighted by Crippen LogP contribution is 2.10. The van der Waals surface area contributed by atoms with Gasteiger partial charge in [-0.2, -0.15) is 0 Å². The fraction of sp³-hybridized carbons (Fsp3) is 0.250. The van der Waals surface area contributed by atoms with Gasteiger partial charge in [-0.1, -0.05) is 0 Å². The van der Waals surface area contributed by atoms with E-state index in [-0.39, 0.29) is 0 Å². The van der Waals surface area contributed by atoms with Crippen LogP contribution < -0.4 is 5.73 Å². The van der Waals surface area contributed by atoms with Gasteiger partial charge >= 0.3 is 0 Å². The molecule has 2 heterocycles. The van der Waals surface area contributed by atoms with Gasteiger partial charge in [-0.3, -0.25) is 4.40 Å². The van der Waals surface area contributed by atoms with Gasteiger partial charge in [0.2, 0.25) is 0 Å². The van der Waals surface area contributed by atoms with Crippen molar-refractivity contribution < 1.29 is 0 Å². The second-order valence-electron chi connectivity index (χ2n) is 2.83. The minimum atomic E-state index is 0.656. The van der Waals surface area contributed by atoms with Crippen molar-refractivity contribution in [1.29, 1.82) is 0 Å². The van der Waals surface area contributed by atoms with Crippen molar-refractivity contribution in [3.05, 3.63) is 23.9 Å². The lowest BCUT2D eigenvalue weighted by Gasteiger charge is -1.96. The number of rotatable bonds is 0. The van der Waals surface area contributed by atoms with E-state index in [1.807, 2.05) is 24.4 Å². The molecule has 0 aromatic carbocycles. The first kappa shape index (κ1) is 7.09. The summed E-state index contributed by atoms with van der Waals surface area (Å²) in [5.74, 6) is 0.919. The average molecular weight is 162 g/mol. The summed E-state index contributed by atoms with van der Waals surface area (Å²) in [6, 6.07) is 0. The van der Waals surface area contributed by atoms with Crippen LogP contribution in [0, 0.1) is 13.8 Å².